The van der Waals surface area contributed by atoms with Crippen LogP contribution in [-0.4, -0.2) is 21.5 Å². The van der Waals surface area contributed by atoms with E-state index in [0.717, 1.165) is 12.1 Å². The average Bonchev–Trinajstić information content (AvgIpc) is 3.18. The number of carbonyl (C=O) groups excluding carboxylic acids is 1. The molecule has 2 unspecified atom stereocenters. The fourth-order valence-corrected chi connectivity index (χ4v) is 5.06. The SMILES string of the molecule is Cc1ccccc1/C=C1\C2Cc3ccccc3C2N2N1C(=O)CC2(C)C. The van der Waals surface area contributed by atoms with E-state index in [2.05, 4.69) is 80.4 Å². The molecule has 2 saturated heterocycles. The van der Waals surface area contributed by atoms with Crippen LogP contribution in [-0.2, 0) is 11.2 Å². The summed E-state index contributed by atoms with van der Waals surface area (Å²) in [6.07, 6.45) is 3.83. The first-order valence-corrected chi connectivity index (χ1v) is 9.44. The minimum Gasteiger partial charge on any atom is -0.273 e. The molecule has 5 rings (SSSR count). The fourth-order valence-electron chi connectivity index (χ4n) is 5.06. The fraction of sp³-hybridized carbons (Fsp3) is 0.348. The normalized spacial score (nSPS) is 27.7. The van der Waals surface area contributed by atoms with Gasteiger partial charge in [-0.1, -0.05) is 48.5 Å². The van der Waals surface area contributed by atoms with Crippen molar-refractivity contribution in [1.82, 2.24) is 10.0 Å². The highest BCUT2D eigenvalue weighted by molar-refractivity contribution is 5.83. The lowest BCUT2D eigenvalue weighted by atomic mass is 9.92. The summed E-state index contributed by atoms with van der Waals surface area (Å²) in [5.41, 5.74) is 6.27. The summed E-state index contributed by atoms with van der Waals surface area (Å²) in [5.74, 6) is 0.567. The van der Waals surface area contributed by atoms with E-state index in [9.17, 15) is 4.79 Å². The van der Waals surface area contributed by atoms with Gasteiger partial charge in [-0.05, 0) is 55.5 Å². The van der Waals surface area contributed by atoms with Crippen LogP contribution >= 0.6 is 0 Å². The third-order valence-electron chi connectivity index (χ3n) is 6.23. The van der Waals surface area contributed by atoms with Crippen molar-refractivity contribution in [3.05, 3.63) is 76.5 Å². The van der Waals surface area contributed by atoms with Crippen LogP contribution in [0, 0.1) is 12.8 Å². The Hall–Kier alpha value is -2.39. The van der Waals surface area contributed by atoms with Gasteiger partial charge >= 0.3 is 0 Å². The largest absolute Gasteiger partial charge is 0.273 e. The molecule has 0 N–H and O–H groups in total. The number of benzene rings is 2. The minimum atomic E-state index is -0.154. The zero-order valence-corrected chi connectivity index (χ0v) is 15.6. The Kier molecular flexibility index (Phi) is 3.23. The van der Waals surface area contributed by atoms with Gasteiger partial charge in [-0.2, -0.15) is 5.01 Å². The second kappa shape index (κ2) is 5.31. The van der Waals surface area contributed by atoms with E-state index in [1.807, 2.05) is 5.01 Å². The van der Waals surface area contributed by atoms with Gasteiger partial charge < -0.3 is 0 Å². The number of fused-ring (bicyclic) bond motifs is 5. The molecule has 3 aliphatic rings. The molecule has 0 bridgehead atoms. The van der Waals surface area contributed by atoms with Crippen molar-refractivity contribution in [2.24, 2.45) is 5.92 Å². The number of hydrazine groups is 1. The number of rotatable bonds is 1. The molecule has 2 heterocycles. The predicted molar refractivity (Wildman–Crippen MR) is 103 cm³/mol. The van der Waals surface area contributed by atoms with Crippen molar-refractivity contribution in [1.29, 1.82) is 0 Å². The summed E-state index contributed by atoms with van der Waals surface area (Å²) in [6.45, 7) is 6.52. The maximum atomic E-state index is 12.9. The Balaban J connectivity index is 1.70. The third-order valence-corrected chi connectivity index (χ3v) is 6.23. The van der Waals surface area contributed by atoms with Gasteiger partial charge in [0.2, 0.25) is 5.91 Å². The van der Waals surface area contributed by atoms with Crippen LogP contribution in [0.15, 0.2) is 54.2 Å². The smallest absolute Gasteiger partial charge is 0.243 e. The Labute approximate surface area is 154 Å². The lowest BCUT2D eigenvalue weighted by Crippen LogP contribution is -2.43. The summed E-state index contributed by atoms with van der Waals surface area (Å²) in [7, 11) is 0. The van der Waals surface area contributed by atoms with Crippen LogP contribution in [0.2, 0.25) is 0 Å². The molecular weight excluding hydrogens is 320 g/mol. The summed E-state index contributed by atoms with van der Waals surface area (Å²) in [5, 5.41) is 4.35. The zero-order valence-electron chi connectivity index (χ0n) is 15.6. The molecule has 0 spiro atoms. The van der Waals surface area contributed by atoms with Crippen LogP contribution in [0.5, 0.6) is 0 Å². The Morgan fingerprint density at radius 3 is 2.62 bits per heavy atom. The number of carbonyl (C=O) groups is 1. The van der Waals surface area contributed by atoms with Crippen LogP contribution in [0.4, 0.5) is 0 Å². The molecule has 0 saturated carbocycles. The van der Waals surface area contributed by atoms with E-state index >= 15 is 0 Å². The first-order valence-electron chi connectivity index (χ1n) is 9.44. The molecule has 2 aromatic rings. The van der Waals surface area contributed by atoms with Crippen LogP contribution < -0.4 is 0 Å². The lowest BCUT2D eigenvalue weighted by Gasteiger charge is -2.35. The highest BCUT2D eigenvalue weighted by Crippen LogP contribution is 2.57. The highest BCUT2D eigenvalue weighted by Gasteiger charge is 2.59. The monoisotopic (exact) mass is 344 g/mol. The molecule has 0 aromatic heterocycles. The van der Waals surface area contributed by atoms with Crippen molar-refractivity contribution in [3.63, 3.8) is 0 Å². The molecule has 2 fully saturated rings. The molecule has 3 heteroatoms. The summed E-state index contributed by atoms with van der Waals surface area (Å²) in [4.78, 5) is 12.9. The van der Waals surface area contributed by atoms with Gasteiger partial charge in [-0.15, -0.1) is 0 Å². The minimum absolute atomic E-state index is 0.154. The molecule has 2 atom stereocenters. The Bertz CT molecular complexity index is 943. The maximum absolute atomic E-state index is 12.9. The average molecular weight is 344 g/mol. The summed E-state index contributed by atoms with van der Waals surface area (Å²) >= 11 is 0. The van der Waals surface area contributed by atoms with E-state index < -0.39 is 0 Å². The number of aryl methyl sites for hydroxylation is 1. The van der Waals surface area contributed by atoms with Crippen LogP contribution in [0.25, 0.3) is 6.08 Å². The topological polar surface area (TPSA) is 23.6 Å². The van der Waals surface area contributed by atoms with E-state index in [1.54, 1.807) is 0 Å². The molecule has 3 nitrogen and oxygen atoms in total. The molecule has 0 radical (unpaired) electrons. The van der Waals surface area contributed by atoms with E-state index in [1.165, 1.54) is 22.3 Å². The van der Waals surface area contributed by atoms with Crippen molar-refractivity contribution in [2.45, 2.75) is 45.2 Å². The van der Waals surface area contributed by atoms with E-state index in [0.29, 0.717) is 12.3 Å². The number of hydrogen-bond donors (Lipinski definition) is 0. The van der Waals surface area contributed by atoms with Gasteiger partial charge in [0.15, 0.2) is 0 Å². The van der Waals surface area contributed by atoms with Crippen LogP contribution in [0.3, 0.4) is 0 Å². The van der Waals surface area contributed by atoms with Gasteiger partial charge in [0.1, 0.15) is 0 Å². The second-order valence-corrected chi connectivity index (χ2v) is 8.42. The van der Waals surface area contributed by atoms with Crippen molar-refractivity contribution in [2.75, 3.05) is 0 Å². The predicted octanol–water partition coefficient (Wildman–Crippen LogP) is 4.49. The van der Waals surface area contributed by atoms with E-state index in [4.69, 9.17) is 0 Å². The first kappa shape index (κ1) is 15.8. The van der Waals surface area contributed by atoms with Gasteiger partial charge in [-0.3, -0.25) is 4.79 Å². The van der Waals surface area contributed by atoms with Crippen LogP contribution in [0.1, 0.15) is 48.6 Å². The van der Waals surface area contributed by atoms with Crippen molar-refractivity contribution < 1.29 is 4.79 Å². The molecule has 2 aromatic carbocycles. The second-order valence-electron chi connectivity index (χ2n) is 8.42. The van der Waals surface area contributed by atoms with Gasteiger partial charge in [0.25, 0.3) is 0 Å². The molecule has 26 heavy (non-hydrogen) atoms. The number of nitrogens with zero attached hydrogens (tertiary/aromatic N) is 2. The van der Waals surface area contributed by atoms with Crippen molar-refractivity contribution in [3.8, 4) is 0 Å². The quantitative estimate of drug-likeness (QED) is 0.761. The summed E-state index contributed by atoms with van der Waals surface area (Å²) in [6, 6.07) is 17.4. The number of hydrogen-bond acceptors (Lipinski definition) is 2. The maximum Gasteiger partial charge on any atom is 0.243 e. The molecule has 132 valence electrons. The zero-order chi connectivity index (χ0) is 18.1. The van der Waals surface area contributed by atoms with E-state index in [-0.39, 0.29) is 17.5 Å². The Morgan fingerprint density at radius 2 is 1.81 bits per heavy atom. The van der Waals surface area contributed by atoms with Crippen molar-refractivity contribution >= 4 is 12.0 Å². The lowest BCUT2D eigenvalue weighted by molar-refractivity contribution is -0.134. The molecule has 1 amide bonds. The number of amides is 1. The van der Waals surface area contributed by atoms with Gasteiger partial charge in [0, 0.05) is 23.6 Å². The molecular formula is C23H24N2O. The Morgan fingerprint density at radius 1 is 1.08 bits per heavy atom. The highest BCUT2D eigenvalue weighted by atomic mass is 16.2. The molecule has 2 aliphatic heterocycles. The summed E-state index contributed by atoms with van der Waals surface area (Å²) < 4.78 is 0. The molecule has 1 aliphatic carbocycles. The van der Waals surface area contributed by atoms with Gasteiger partial charge in [0.05, 0.1) is 6.04 Å². The standard InChI is InChI=1S/C23H24N2O/c1-15-8-4-5-9-16(15)13-20-19-12-17-10-6-7-11-18(17)22(19)25-23(2,3)14-21(26)24(20)25/h4-11,13,19,22H,12,14H2,1-3H3/b20-13+. The van der Waals surface area contributed by atoms with Gasteiger partial charge in [-0.25, -0.2) is 5.01 Å². The third kappa shape index (κ3) is 2.07. The first-order chi connectivity index (χ1) is 12.5.